The van der Waals surface area contributed by atoms with Crippen molar-refractivity contribution in [1.29, 1.82) is 0 Å². The summed E-state index contributed by atoms with van der Waals surface area (Å²) in [6.45, 7) is 7.45. The molecular weight excluding hydrogens is 238 g/mol. The van der Waals surface area contributed by atoms with Crippen LogP contribution in [0.4, 0.5) is 0 Å². The largest absolute Gasteiger partial charge is 0.380 e. The van der Waals surface area contributed by atoms with Crippen LogP contribution in [0.2, 0.25) is 0 Å². The molecule has 0 fully saturated rings. The molecule has 4 heteroatoms. The van der Waals surface area contributed by atoms with Crippen LogP contribution >= 0.6 is 0 Å². The fourth-order valence-corrected chi connectivity index (χ4v) is 2.53. The number of aromatic nitrogens is 2. The van der Waals surface area contributed by atoms with Gasteiger partial charge in [-0.15, -0.1) is 0 Å². The van der Waals surface area contributed by atoms with Crippen molar-refractivity contribution in [3.63, 3.8) is 0 Å². The van der Waals surface area contributed by atoms with E-state index in [1.54, 1.807) is 0 Å². The Morgan fingerprint density at radius 2 is 2.11 bits per heavy atom. The van der Waals surface area contributed by atoms with E-state index in [-0.39, 0.29) is 6.10 Å². The van der Waals surface area contributed by atoms with Gasteiger partial charge >= 0.3 is 0 Å². The molecule has 0 saturated heterocycles. The Morgan fingerprint density at radius 3 is 2.58 bits per heavy atom. The van der Waals surface area contributed by atoms with Gasteiger partial charge in [0, 0.05) is 32.3 Å². The summed E-state index contributed by atoms with van der Waals surface area (Å²) in [5, 5.41) is 8.08. The number of methoxy groups -OCH3 is 1. The van der Waals surface area contributed by atoms with Gasteiger partial charge in [-0.1, -0.05) is 27.2 Å². The highest BCUT2D eigenvalue weighted by Crippen LogP contribution is 2.13. The minimum Gasteiger partial charge on any atom is -0.380 e. The first-order valence-electron chi connectivity index (χ1n) is 7.44. The zero-order valence-corrected chi connectivity index (χ0v) is 13.1. The van der Waals surface area contributed by atoms with Crippen molar-refractivity contribution in [2.45, 2.75) is 58.6 Å². The van der Waals surface area contributed by atoms with Crippen LogP contribution in [0.25, 0.3) is 0 Å². The van der Waals surface area contributed by atoms with Crippen LogP contribution in [-0.2, 0) is 24.6 Å². The SMILES string of the molecule is CCCC(OC)C(Cc1cc(CC)nn1C)NCC. The van der Waals surface area contributed by atoms with E-state index >= 15 is 0 Å². The average Bonchev–Trinajstić information content (AvgIpc) is 2.76. The Balaban J connectivity index is 2.78. The van der Waals surface area contributed by atoms with Crippen LogP contribution in [0.3, 0.4) is 0 Å². The van der Waals surface area contributed by atoms with Crippen molar-refractivity contribution in [1.82, 2.24) is 15.1 Å². The van der Waals surface area contributed by atoms with Gasteiger partial charge in [-0.05, 0) is 25.5 Å². The van der Waals surface area contributed by atoms with Gasteiger partial charge in [-0.2, -0.15) is 5.10 Å². The molecule has 0 saturated carbocycles. The molecule has 1 heterocycles. The fraction of sp³-hybridized carbons (Fsp3) is 0.800. The van der Waals surface area contributed by atoms with Crippen molar-refractivity contribution < 1.29 is 4.74 Å². The van der Waals surface area contributed by atoms with Crippen LogP contribution in [0.5, 0.6) is 0 Å². The fourth-order valence-electron chi connectivity index (χ4n) is 2.53. The topological polar surface area (TPSA) is 39.1 Å². The van der Waals surface area contributed by atoms with E-state index in [0.29, 0.717) is 6.04 Å². The molecule has 0 aliphatic heterocycles. The average molecular weight is 267 g/mol. The first-order chi connectivity index (χ1) is 9.15. The van der Waals surface area contributed by atoms with Crippen LogP contribution in [0.1, 0.15) is 45.0 Å². The normalized spacial score (nSPS) is 14.6. The lowest BCUT2D eigenvalue weighted by Gasteiger charge is -2.26. The van der Waals surface area contributed by atoms with Gasteiger partial charge in [0.15, 0.2) is 0 Å². The summed E-state index contributed by atoms with van der Waals surface area (Å²) in [5.41, 5.74) is 2.44. The summed E-state index contributed by atoms with van der Waals surface area (Å²) in [4.78, 5) is 0. The Hall–Kier alpha value is -0.870. The summed E-state index contributed by atoms with van der Waals surface area (Å²) in [7, 11) is 3.84. The predicted molar refractivity (Wildman–Crippen MR) is 79.5 cm³/mol. The van der Waals surface area contributed by atoms with Gasteiger partial charge in [0.1, 0.15) is 0 Å². The molecular formula is C15H29N3O. The third kappa shape index (κ3) is 4.62. The summed E-state index contributed by atoms with van der Waals surface area (Å²) in [5.74, 6) is 0. The van der Waals surface area contributed by atoms with Crippen molar-refractivity contribution in [2.75, 3.05) is 13.7 Å². The number of hydrogen-bond acceptors (Lipinski definition) is 3. The minimum atomic E-state index is 0.268. The van der Waals surface area contributed by atoms with E-state index in [2.05, 4.69) is 37.3 Å². The highest BCUT2D eigenvalue weighted by molar-refractivity contribution is 5.12. The van der Waals surface area contributed by atoms with E-state index in [1.807, 2.05) is 18.8 Å². The molecule has 1 aromatic rings. The Morgan fingerprint density at radius 1 is 1.37 bits per heavy atom. The maximum Gasteiger partial charge on any atom is 0.0728 e. The lowest BCUT2D eigenvalue weighted by Crippen LogP contribution is -2.42. The standard InChI is InChI=1S/C15H29N3O/c1-6-9-15(19-5)14(16-8-3)11-13-10-12(7-2)17-18(13)4/h10,14-16H,6-9,11H2,1-5H3. The second kappa shape index (κ2) is 8.33. The van der Waals surface area contributed by atoms with Crippen LogP contribution in [0.15, 0.2) is 6.07 Å². The first-order valence-corrected chi connectivity index (χ1v) is 7.44. The number of nitrogens with zero attached hydrogens (tertiary/aromatic N) is 2. The molecule has 1 rings (SSSR count). The number of aryl methyl sites for hydroxylation is 2. The second-order valence-corrected chi connectivity index (χ2v) is 5.04. The van der Waals surface area contributed by atoms with Crippen molar-refractivity contribution in [3.8, 4) is 0 Å². The van der Waals surface area contributed by atoms with Crippen LogP contribution in [0, 0.1) is 0 Å². The summed E-state index contributed by atoms with van der Waals surface area (Å²) in [6.07, 6.45) is 4.46. The van der Waals surface area contributed by atoms with Gasteiger partial charge < -0.3 is 10.1 Å². The van der Waals surface area contributed by atoms with Gasteiger partial charge in [0.2, 0.25) is 0 Å². The van der Waals surface area contributed by atoms with Crippen LogP contribution < -0.4 is 5.32 Å². The number of hydrogen-bond donors (Lipinski definition) is 1. The maximum atomic E-state index is 5.66. The highest BCUT2D eigenvalue weighted by atomic mass is 16.5. The summed E-state index contributed by atoms with van der Waals surface area (Å²) in [6, 6.07) is 2.57. The smallest absolute Gasteiger partial charge is 0.0728 e. The highest BCUT2D eigenvalue weighted by Gasteiger charge is 2.21. The lowest BCUT2D eigenvalue weighted by atomic mass is 10.0. The number of nitrogens with one attached hydrogen (secondary N) is 1. The molecule has 0 radical (unpaired) electrons. The molecule has 2 unspecified atom stereocenters. The maximum absolute atomic E-state index is 5.66. The molecule has 110 valence electrons. The van der Waals surface area contributed by atoms with Gasteiger partial charge in [-0.3, -0.25) is 4.68 Å². The van der Waals surface area contributed by atoms with E-state index in [9.17, 15) is 0 Å². The van der Waals surface area contributed by atoms with E-state index in [0.717, 1.165) is 37.9 Å². The van der Waals surface area contributed by atoms with Crippen LogP contribution in [-0.4, -0.2) is 35.6 Å². The Kier molecular flexibility index (Phi) is 7.10. The Bertz CT molecular complexity index is 362. The monoisotopic (exact) mass is 267 g/mol. The predicted octanol–water partition coefficient (Wildman–Crippen LogP) is 2.32. The molecule has 0 bridgehead atoms. The molecule has 1 aromatic heterocycles. The molecule has 4 nitrogen and oxygen atoms in total. The van der Waals surface area contributed by atoms with Gasteiger partial charge in [0.05, 0.1) is 11.8 Å². The number of rotatable bonds is 9. The van der Waals surface area contributed by atoms with E-state index in [1.165, 1.54) is 5.69 Å². The minimum absolute atomic E-state index is 0.268. The van der Waals surface area contributed by atoms with Gasteiger partial charge in [-0.25, -0.2) is 0 Å². The van der Waals surface area contributed by atoms with E-state index < -0.39 is 0 Å². The molecule has 0 amide bonds. The second-order valence-electron chi connectivity index (χ2n) is 5.04. The van der Waals surface area contributed by atoms with Crippen molar-refractivity contribution in [2.24, 2.45) is 7.05 Å². The third-order valence-corrected chi connectivity index (χ3v) is 3.61. The van der Waals surface area contributed by atoms with Crippen molar-refractivity contribution in [3.05, 3.63) is 17.5 Å². The molecule has 1 N–H and O–H groups in total. The zero-order valence-electron chi connectivity index (χ0n) is 13.1. The number of likely N-dealkylation sites (N-methyl/N-ethyl adjacent to an activating group) is 1. The molecule has 0 aromatic carbocycles. The van der Waals surface area contributed by atoms with Gasteiger partial charge in [0.25, 0.3) is 0 Å². The molecule has 0 aliphatic rings. The molecule has 0 aliphatic carbocycles. The van der Waals surface area contributed by atoms with Crippen molar-refractivity contribution >= 4 is 0 Å². The van der Waals surface area contributed by atoms with E-state index in [4.69, 9.17) is 4.74 Å². The quantitative estimate of drug-likeness (QED) is 0.746. The zero-order chi connectivity index (χ0) is 14.3. The molecule has 0 spiro atoms. The molecule has 19 heavy (non-hydrogen) atoms. The Labute approximate surface area is 117 Å². The summed E-state index contributed by atoms with van der Waals surface area (Å²) < 4.78 is 7.66. The first kappa shape index (κ1) is 16.2. The third-order valence-electron chi connectivity index (χ3n) is 3.61. The molecule has 2 atom stereocenters. The number of ether oxygens (including phenoxy) is 1. The lowest BCUT2D eigenvalue weighted by molar-refractivity contribution is 0.0608. The summed E-state index contributed by atoms with van der Waals surface area (Å²) >= 11 is 0.